The van der Waals surface area contributed by atoms with Crippen LogP contribution < -0.4 is 0 Å². The Kier molecular flexibility index (Phi) is 15.5. The van der Waals surface area contributed by atoms with E-state index in [2.05, 4.69) is 47.0 Å². The van der Waals surface area contributed by atoms with Crippen molar-refractivity contribution in [3.05, 3.63) is 0 Å². The highest BCUT2D eigenvalue weighted by atomic mass is 79.9. The van der Waals surface area contributed by atoms with Crippen molar-refractivity contribution >= 4 is 49.7 Å². The summed E-state index contributed by atoms with van der Waals surface area (Å²) in [5, 5.41) is 0. The van der Waals surface area contributed by atoms with Crippen molar-refractivity contribution < 1.29 is 51.6 Å². The lowest BCUT2D eigenvalue weighted by molar-refractivity contribution is -0.870. The Bertz CT molecular complexity index is 1010. The number of alkyl halides is 1. The minimum Gasteiger partial charge on any atom is -0.466 e. The van der Waals surface area contributed by atoms with E-state index in [1.165, 1.54) is 0 Å². The number of hydrogen-bond donors (Lipinski definition) is 1. The largest absolute Gasteiger partial charge is 0.472 e. The van der Waals surface area contributed by atoms with Crippen LogP contribution in [0, 0.1) is 22.3 Å². The molecule has 3 unspecified atom stereocenters. The number of ether oxygens (including phenoxy) is 3. The number of phosphoric ester groups is 1. The van der Waals surface area contributed by atoms with Gasteiger partial charge in [0.25, 0.3) is 0 Å². The molecule has 0 aliphatic carbocycles. The summed E-state index contributed by atoms with van der Waals surface area (Å²) in [4.78, 5) is 48.9. The number of nitrogens with zero attached hydrogens (tertiary/aromatic N) is 1. The van der Waals surface area contributed by atoms with Crippen molar-refractivity contribution in [2.45, 2.75) is 71.4 Å². The zero-order valence-corrected chi connectivity index (χ0v) is 30.0. The van der Waals surface area contributed by atoms with E-state index in [-0.39, 0.29) is 39.3 Å². The van der Waals surface area contributed by atoms with E-state index in [0.29, 0.717) is 11.0 Å². The van der Waals surface area contributed by atoms with Crippen molar-refractivity contribution in [1.29, 1.82) is 0 Å². The molecule has 0 radical (unpaired) electrons. The second-order valence-corrected chi connectivity index (χ2v) is 21.1. The highest BCUT2D eigenvalue weighted by Gasteiger charge is 2.49. The number of hydrogen-bond acceptors (Lipinski definition) is 9. The Morgan fingerprint density at radius 3 is 1.95 bits per heavy atom. The average Bonchev–Trinajstić information content (AvgIpc) is 2.76. The van der Waals surface area contributed by atoms with Crippen molar-refractivity contribution in [2.75, 3.05) is 60.7 Å². The third kappa shape index (κ3) is 16.8. The summed E-state index contributed by atoms with van der Waals surface area (Å²) in [7, 11) is -0.253. The molecule has 0 saturated heterocycles. The van der Waals surface area contributed by atoms with Crippen LogP contribution in [-0.4, -0.2) is 100 Å². The summed E-state index contributed by atoms with van der Waals surface area (Å²) in [5.74, 6) is 1.02. The van der Waals surface area contributed by atoms with Gasteiger partial charge in [-0.1, -0.05) is 41.5 Å². The van der Waals surface area contributed by atoms with Crippen molar-refractivity contribution in [1.82, 2.24) is 0 Å². The molecule has 11 nitrogen and oxygen atoms in total. The van der Waals surface area contributed by atoms with E-state index in [0.717, 1.165) is 0 Å². The second-order valence-electron chi connectivity index (χ2n) is 13.1. The molecule has 1 N–H and O–H groups in total. The molecule has 0 spiro atoms. The number of halogens is 1. The van der Waals surface area contributed by atoms with Crippen molar-refractivity contribution in [2.24, 2.45) is 10.8 Å². The van der Waals surface area contributed by atoms with Crippen LogP contribution in [0.5, 0.6) is 0 Å². The maximum atomic E-state index is 13.4. The Morgan fingerprint density at radius 2 is 1.44 bits per heavy atom. The second kappa shape index (κ2) is 16.0. The third-order valence-electron chi connectivity index (χ3n) is 5.63. The van der Waals surface area contributed by atoms with E-state index in [1.807, 2.05) is 21.1 Å². The van der Waals surface area contributed by atoms with Crippen LogP contribution >= 0.6 is 23.8 Å². The smallest absolute Gasteiger partial charge is 0.466 e. The van der Waals surface area contributed by atoms with Crippen molar-refractivity contribution in [3.63, 3.8) is 0 Å². The summed E-state index contributed by atoms with van der Waals surface area (Å²) < 4.78 is 37.2. The van der Waals surface area contributed by atoms with Gasteiger partial charge in [-0.25, -0.2) is 4.57 Å². The maximum Gasteiger partial charge on any atom is 0.472 e. The van der Waals surface area contributed by atoms with Crippen molar-refractivity contribution in [3.8, 4) is 11.5 Å². The zero-order valence-electron chi connectivity index (χ0n) is 26.6. The first-order valence-electron chi connectivity index (χ1n) is 13.5. The molecule has 0 aliphatic rings. The number of phosphoric acid groups is 1. The molecular weight excluding hydrogens is 637 g/mol. The van der Waals surface area contributed by atoms with Crippen LogP contribution in [0.25, 0.3) is 0 Å². The molecule has 0 amide bonds. The fraction of sp³-hybridized carbons (Fsp3) is 0.815. The maximum absolute atomic E-state index is 13.4. The van der Waals surface area contributed by atoms with Gasteiger partial charge in [0.15, 0.2) is 6.61 Å². The normalized spacial score (nSPS) is 16.7. The SMILES string of the molecule is CCOC(=O)C(C)(C)CC(C)(CC(C)(Br)C(=O)OCC#C[Si](C)(C)C)C(=O)OCCOP(=O)(O)OCC[N+](C)(C)C. The van der Waals surface area contributed by atoms with Crippen LogP contribution in [0.2, 0.25) is 19.6 Å². The number of quaternary nitrogens is 1. The molecule has 0 rings (SSSR count). The van der Waals surface area contributed by atoms with Gasteiger partial charge >= 0.3 is 25.7 Å². The van der Waals surface area contributed by atoms with Gasteiger partial charge in [0.2, 0.25) is 0 Å². The lowest BCUT2D eigenvalue weighted by Crippen LogP contribution is -2.45. The molecule has 238 valence electrons. The van der Waals surface area contributed by atoms with E-state index < -0.39 is 55.6 Å². The number of rotatable bonds is 17. The van der Waals surface area contributed by atoms with E-state index >= 15 is 0 Å². The fourth-order valence-corrected chi connectivity index (χ4v) is 5.90. The lowest BCUT2D eigenvalue weighted by atomic mass is 9.69. The minimum absolute atomic E-state index is 0.00172. The minimum atomic E-state index is -4.34. The molecule has 0 fully saturated rings. The Morgan fingerprint density at radius 1 is 0.878 bits per heavy atom. The summed E-state index contributed by atoms with van der Waals surface area (Å²) in [6, 6.07) is 0. The first-order valence-corrected chi connectivity index (χ1v) is 19.3. The average molecular weight is 688 g/mol. The Hall–Kier alpha value is -1.26. The number of likely N-dealkylation sites (N-methyl/N-ethyl adjacent to an activating group) is 1. The molecule has 0 heterocycles. The molecule has 0 aromatic carbocycles. The van der Waals surface area contributed by atoms with Crippen LogP contribution in [-0.2, 0) is 42.2 Å². The van der Waals surface area contributed by atoms with Crippen LogP contribution in [0.15, 0.2) is 0 Å². The molecule has 0 aromatic rings. The number of carbonyl (C=O) groups excluding carboxylic acids is 3. The van der Waals surface area contributed by atoms with Gasteiger partial charge in [-0.05, 0) is 47.5 Å². The summed E-state index contributed by atoms with van der Waals surface area (Å²) >= 11 is 3.41. The van der Waals surface area contributed by atoms with E-state index in [1.54, 1.807) is 34.6 Å². The Labute approximate surface area is 255 Å². The molecule has 0 aliphatic heterocycles. The lowest BCUT2D eigenvalue weighted by Gasteiger charge is -2.37. The molecule has 0 saturated carbocycles. The summed E-state index contributed by atoms with van der Waals surface area (Å²) in [6.07, 6.45) is -0.107. The summed E-state index contributed by atoms with van der Waals surface area (Å²) in [5.41, 5.74) is 0.645. The molecule has 41 heavy (non-hydrogen) atoms. The number of carbonyl (C=O) groups is 3. The first-order chi connectivity index (χ1) is 18.4. The highest BCUT2D eigenvalue weighted by Crippen LogP contribution is 2.45. The van der Waals surface area contributed by atoms with Gasteiger partial charge in [-0.3, -0.25) is 23.4 Å². The quantitative estimate of drug-likeness (QED) is 0.0345. The third-order valence-corrected chi connectivity index (χ3v) is 8.18. The molecule has 14 heteroatoms. The fourth-order valence-electron chi connectivity index (χ4n) is 3.87. The van der Waals surface area contributed by atoms with Crippen LogP contribution in [0.3, 0.4) is 0 Å². The predicted octanol–water partition coefficient (Wildman–Crippen LogP) is 4.32. The highest BCUT2D eigenvalue weighted by molar-refractivity contribution is 9.10. The van der Waals surface area contributed by atoms with Gasteiger partial charge in [0.05, 0.1) is 45.2 Å². The predicted molar refractivity (Wildman–Crippen MR) is 163 cm³/mol. The van der Waals surface area contributed by atoms with E-state index in [9.17, 15) is 23.8 Å². The zero-order chi connectivity index (χ0) is 32.3. The van der Waals surface area contributed by atoms with Crippen LogP contribution in [0.4, 0.5) is 0 Å². The molecule has 0 bridgehead atoms. The summed E-state index contributed by atoms with van der Waals surface area (Å²) in [6.45, 7) is 14.2. The van der Waals surface area contributed by atoms with Gasteiger partial charge in [-0.2, -0.15) is 0 Å². The monoisotopic (exact) mass is 686 g/mol. The van der Waals surface area contributed by atoms with Crippen LogP contribution in [0.1, 0.15) is 47.5 Å². The molecular formula is C27H50BrNO10PSi+. The van der Waals surface area contributed by atoms with Gasteiger partial charge < -0.3 is 23.6 Å². The topological polar surface area (TPSA) is 135 Å². The Balaban J connectivity index is 5.59. The first kappa shape index (κ1) is 39.7. The van der Waals surface area contributed by atoms with E-state index in [4.69, 9.17) is 23.3 Å². The van der Waals surface area contributed by atoms with Gasteiger partial charge in [0, 0.05) is 0 Å². The van der Waals surface area contributed by atoms with Gasteiger partial charge in [0.1, 0.15) is 32.2 Å². The molecule has 3 atom stereocenters. The standard InChI is InChI=1S/C27H49BrNO10PSi/c1-12-35-22(30)25(2,3)20-26(4,21-27(5,28)24(32)36-15-13-19-41(9,10)11)23(31)37-17-18-39-40(33,34)38-16-14-29(6,7)8/h12,14-18,20-21H2,1-11H3/p+1. The molecule has 0 aromatic heterocycles. The van der Waals surface area contributed by atoms with Gasteiger partial charge in [-0.15, -0.1) is 5.54 Å². The number of esters is 3.